The highest BCUT2D eigenvalue weighted by molar-refractivity contribution is 6.02. The lowest BCUT2D eigenvalue weighted by Gasteiger charge is -2.15. The van der Waals surface area contributed by atoms with E-state index in [-0.39, 0.29) is 42.3 Å². The van der Waals surface area contributed by atoms with Crippen LogP contribution in [0.15, 0.2) is 24.3 Å². The summed E-state index contributed by atoms with van der Waals surface area (Å²) in [6.45, 7) is 3.56. The Morgan fingerprint density at radius 2 is 1.92 bits per heavy atom. The summed E-state index contributed by atoms with van der Waals surface area (Å²) in [6, 6.07) is 5.87. The molecule has 1 fully saturated rings. The van der Waals surface area contributed by atoms with E-state index in [2.05, 4.69) is 0 Å². The summed E-state index contributed by atoms with van der Waals surface area (Å²) >= 11 is 0. The molecule has 1 aromatic rings. The summed E-state index contributed by atoms with van der Waals surface area (Å²) in [4.78, 5) is 34.6. The van der Waals surface area contributed by atoms with Crippen molar-refractivity contribution in [1.82, 2.24) is 0 Å². The van der Waals surface area contributed by atoms with E-state index in [0.717, 1.165) is 0 Å². The molecular formula is C17H20O7. The molecule has 7 heteroatoms. The Morgan fingerprint density at radius 3 is 2.54 bits per heavy atom. The molecule has 1 saturated heterocycles. The monoisotopic (exact) mass is 336 g/mol. The normalized spacial score (nSPS) is 22.8. The van der Waals surface area contributed by atoms with Crippen molar-refractivity contribution in [3.8, 4) is 0 Å². The lowest BCUT2D eigenvalue weighted by atomic mass is 10.1. The zero-order valence-electron chi connectivity index (χ0n) is 13.6. The van der Waals surface area contributed by atoms with Crippen LogP contribution in [0, 0.1) is 0 Å². The van der Waals surface area contributed by atoms with E-state index in [1.807, 2.05) is 0 Å². The second-order valence-corrected chi connectivity index (χ2v) is 5.53. The number of hydrogen-bond acceptors (Lipinski definition) is 6. The zero-order valence-corrected chi connectivity index (χ0v) is 13.6. The maximum absolute atomic E-state index is 12.3. The van der Waals surface area contributed by atoms with Crippen molar-refractivity contribution in [2.45, 2.75) is 45.0 Å². The third-order valence-corrected chi connectivity index (χ3v) is 3.78. The fraction of sp³-hybridized carbons (Fsp3) is 0.471. The smallest absolute Gasteiger partial charge is 0.339 e. The summed E-state index contributed by atoms with van der Waals surface area (Å²) in [7, 11) is 0. The van der Waals surface area contributed by atoms with Crippen LogP contribution in [0.25, 0.3) is 0 Å². The number of carbonyl (C=O) groups excluding carboxylic acids is 2. The van der Waals surface area contributed by atoms with Gasteiger partial charge in [-0.05, 0) is 19.1 Å². The predicted molar refractivity (Wildman–Crippen MR) is 82.8 cm³/mol. The Morgan fingerprint density at radius 1 is 1.25 bits per heavy atom. The van der Waals surface area contributed by atoms with E-state index in [1.165, 1.54) is 12.1 Å². The molecule has 0 bridgehead atoms. The molecule has 1 aromatic carbocycles. The minimum absolute atomic E-state index is 0.00180. The van der Waals surface area contributed by atoms with Crippen LogP contribution >= 0.6 is 0 Å². The Kier molecular flexibility index (Phi) is 5.92. The van der Waals surface area contributed by atoms with E-state index in [1.54, 1.807) is 26.0 Å². The van der Waals surface area contributed by atoms with E-state index in [4.69, 9.17) is 19.3 Å². The number of hydrogen-bond donors (Lipinski definition) is 1. The van der Waals surface area contributed by atoms with Crippen molar-refractivity contribution in [1.29, 1.82) is 0 Å². The molecule has 0 aliphatic carbocycles. The van der Waals surface area contributed by atoms with Gasteiger partial charge < -0.3 is 19.3 Å². The Bertz CT molecular complexity index is 625. The number of carboxylic acids is 1. The van der Waals surface area contributed by atoms with Crippen LogP contribution in [0.1, 0.15) is 47.4 Å². The predicted octanol–water partition coefficient (Wildman–Crippen LogP) is 2.04. The van der Waals surface area contributed by atoms with Crippen LogP contribution < -0.4 is 0 Å². The number of aromatic carboxylic acids is 1. The first-order chi connectivity index (χ1) is 11.4. The van der Waals surface area contributed by atoms with Crippen molar-refractivity contribution in [3.63, 3.8) is 0 Å². The maximum atomic E-state index is 12.3. The molecule has 0 radical (unpaired) electrons. The Hall–Kier alpha value is -2.41. The minimum Gasteiger partial charge on any atom is -0.478 e. The van der Waals surface area contributed by atoms with Gasteiger partial charge in [-0.1, -0.05) is 19.1 Å². The highest BCUT2D eigenvalue weighted by atomic mass is 16.6. The van der Waals surface area contributed by atoms with E-state index in [0.29, 0.717) is 6.42 Å². The summed E-state index contributed by atoms with van der Waals surface area (Å²) < 4.78 is 16.0. The maximum Gasteiger partial charge on any atom is 0.339 e. The molecule has 24 heavy (non-hydrogen) atoms. The van der Waals surface area contributed by atoms with E-state index in [9.17, 15) is 14.4 Å². The van der Waals surface area contributed by atoms with Gasteiger partial charge in [0.25, 0.3) is 0 Å². The summed E-state index contributed by atoms with van der Waals surface area (Å²) in [5.41, 5.74) is -0.111. The first-order valence-corrected chi connectivity index (χ1v) is 7.76. The van der Waals surface area contributed by atoms with Gasteiger partial charge in [-0.3, -0.25) is 4.79 Å². The molecule has 3 atom stereocenters. The summed E-state index contributed by atoms with van der Waals surface area (Å²) in [5, 5.41) is 9.13. The lowest BCUT2D eigenvalue weighted by Crippen LogP contribution is -2.25. The number of benzene rings is 1. The van der Waals surface area contributed by atoms with E-state index < -0.39 is 18.0 Å². The number of rotatable bonds is 6. The molecule has 7 nitrogen and oxygen atoms in total. The second-order valence-electron chi connectivity index (χ2n) is 5.53. The second kappa shape index (κ2) is 7.92. The first-order valence-electron chi connectivity index (χ1n) is 7.76. The van der Waals surface area contributed by atoms with Gasteiger partial charge in [-0.15, -0.1) is 0 Å². The molecule has 0 saturated carbocycles. The minimum atomic E-state index is -1.19. The fourth-order valence-electron chi connectivity index (χ4n) is 2.49. The van der Waals surface area contributed by atoms with Gasteiger partial charge in [0, 0.05) is 12.8 Å². The molecule has 1 aliphatic heterocycles. The van der Waals surface area contributed by atoms with Crippen molar-refractivity contribution in [2.24, 2.45) is 0 Å². The number of carbonyl (C=O) groups is 3. The standard InChI is InChI=1S/C17H20O7/c1-3-15(18)22-9-11-8-14(10(2)23-11)24-17(21)13-7-5-4-6-12(13)16(19)20/h4-7,10-11,14H,3,8-9H2,1-2H3,(H,19,20)/t10-,11-,14+/m0/s1. The zero-order chi connectivity index (χ0) is 17.7. The first kappa shape index (κ1) is 17.9. The molecule has 1 aliphatic rings. The summed E-state index contributed by atoms with van der Waals surface area (Å²) in [5.74, 6) is -2.22. The lowest BCUT2D eigenvalue weighted by molar-refractivity contribution is -0.147. The summed E-state index contributed by atoms with van der Waals surface area (Å²) in [6.07, 6.45) is -0.560. The third-order valence-electron chi connectivity index (χ3n) is 3.78. The molecule has 0 amide bonds. The quantitative estimate of drug-likeness (QED) is 0.794. The molecule has 1 N–H and O–H groups in total. The number of ether oxygens (including phenoxy) is 3. The van der Waals surface area contributed by atoms with Gasteiger partial charge in [-0.25, -0.2) is 9.59 Å². The van der Waals surface area contributed by atoms with Gasteiger partial charge in [0.15, 0.2) is 0 Å². The third kappa shape index (κ3) is 4.32. The molecule has 1 heterocycles. The SMILES string of the molecule is CCC(=O)OC[C@@H]1C[C@@H](OC(=O)c2ccccc2C(=O)O)[C@H](C)O1. The molecule has 0 aromatic heterocycles. The highest BCUT2D eigenvalue weighted by Crippen LogP contribution is 2.25. The topological polar surface area (TPSA) is 99.1 Å². The molecule has 0 unspecified atom stereocenters. The van der Waals surface area contributed by atoms with E-state index >= 15 is 0 Å². The van der Waals surface area contributed by atoms with Crippen molar-refractivity contribution in [3.05, 3.63) is 35.4 Å². The number of carboxylic acid groups (broad SMARTS) is 1. The fourth-order valence-corrected chi connectivity index (χ4v) is 2.49. The van der Waals surface area contributed by atoms with Gasteiger partial charge >= 0.3 is 17.9 Å². The van der Waals surface area contributed by atoms with Gasteiger partial charge in [-0.2, -0.15) is 0 Å². The average Bonchev–Trinajstić information content (AvgIpc) is 2.92. The molecular weight excluding hydrogens is 316 g/mol. The van der Waals surface area contributed by atoms with Crippen LogP contribution in [0.3, 0.4) is 0 Å². The van der Waals surface area contributed by atoms with Gasteiger partial charge in [0.1, 0.15) is 12.7 Å². The van der Waals surface area contributed by atoms with Crippen molar-refractivity contribution < 1.29 is 33.7 Å². The Balaban J connectivity index is 1.97. The van der Waals surface area contributed by atoms with Crippen LogP contribution in [0.5, 0.6) is 0 Å². The van der Waals surface area contributed by atoms with Gasteiger partial charge in [0.2, 0.25) is 0 Å². The molecule has 130 valence electrons. The number of esters is 2. The highest BCUT2D eigenvalue weighted by Gasteiger charge is 2.36. The van der Waals surface area contributed by atoms with Gasteiger partial charge in [0.05, 0.1) is 23.3 Å². The van der Waals surface area contributed by atoms with Crippen LogP contribution in [0.4, 0.5) is 0 Å². The molecule has 2 rings (SSSR count). The van der Waals surface area contributed by atoms with Crippen LogP contribution in [0.2, 0.25) is 0 Å². The molecule has 0 spiro atoms. The largest absolute Gasteiger partial charge is 0.478 e. The Labute approximate surface area is 139 Å². The average molecular weight is 336 g/mol. The van der Waals surface area contributed by atoms with Crippen molar-refractivity contribution in [2.75, 3.05) is 6.61 Å². The van der Waals surface area contributed by atoms with Crippen molar-refractivity contribution >= 4 is 17.9 Å². The van der Waals surface area contributed by atoms with Crippen LogP contribution in [-0.2, 0) is 19.0 Å². The van der Waals surface area contributed by atoms with Crippen LogP contribution in [-0.4, -0.2) is 47.9 Å².